The number of benzene rings is 2. The van der Waals surface area contributed by atoms with Gasteiger partial charge in [0.2, 0.25) is 5.91 Å². The number of nitrogens with two attached hydrogens (primary N) is 1. The Kier molecular flexibility index (Phi) is 4.15. The predicted octanol–water partition coefficient (Wildman–Crippen LogP) is 2.41. The van der Waals surface area contributed by atoms with Gasteiger partial charge in [-0.05, 0) is 36.2 Å². The van der Waals surface area contributed by atoms with Crippen molar-refractivity contribution in [2.45, 2.75) is 12.8 Å². The molecule has 2 aromatic carbocycles. The normalized spacial score (nSPS) is 10.7. The van der Waals surface area contributed by atoms with Crippen molar-refractivity contribution in [2.24, 2.45) is 0 Å². The number of rotatable bonds is 5. The molecule has 122 valence electrons. The maximum absolute atomic E-state index is 12.1. The van der Waals surface area contributed by atoms with Crippen molar-refractivity contribution >= 4 is 34.2 Å². The summed E-state index contributed by atoms with van der Waals surface area (Å²) in [7, 11) is 0. The average molecular weight is 324 g/mol. The second-order valence-electron chi connectivity index (χ2n) is 5.38. The van der Waals surface area contributed by atoms with Gasteiger partial charge in [-0.2, -0.15) is 5.10 Å². The highest BCUT2D eigenvalue weighted by Gasteiger charge is 2.13. The summed E-state index contributed by atoms with van der Waals surface area (Å²) < 4.78 is 0. The Hall–Kier alpha value is -3.35. The van der Waals surface area contributed by atoms with Gasteiger partial charge in [-0.3, -0.25) is 9.89 Å². The first-order valence-corrected chi connectivity index (χ1v) is 7.39. The fourth-order valence-corrected chi connectivity index (χ4v) is 2.49. The number of hydrogen-bond acceptors (Lipinski definition) is 4. The van der Waals surface area contributed by atoms with Crippen molar-refractivity contribution in [3.05, 3.63) is 53.7 Å². The first kappa shape index (κ1) is 15.5. The molecule has 3 rings (SSSR count). The number of nitrogen functional groups attached to an aromatic ring is 1. The molecule has 0 bridgehead atoms. The molecule has 24 heavy (non-hydrogen) atoms. The van der Waals surface area contributed by atoms with Crippen LogP contribution in [0.3, 0.4) is 0 Å². The summed E-state index contributed by atoms with van der Waals surface area (Å²) in [6.07, 6.45) is 0.816. The molecule has 1 aromatic heterocycles. The van der Waals surface area contributed by atoms with E-state index in [9.17, 15) is 9.59 Å². The van der Waals surface area contributed by atoms with Crippen molar-refractivity contribution in [3.63, 3.8) is 0 Å². The Labute approximate surface area is 137 Å². The molecule has 1 heterocycles. The summed E-state index contributed by atoms with van der Waals surface area (Å²) in [5, 5.41) is 18.7. The minimum Gasteiger partial charge on any atom is -0.476 e. The van der Waals surface area contributed by atoms with Gasteiger partial charge in [-0.1, -0.05) is 18.2 Å². The van der Waals surface area contributed by atoms with Gasteiger partial charge >= 0.3 is 5.97 Å². The van der Waals surface area contributed by atoms with Crippen LogP contribution in [0.5, 0.6) is 0 Å². The van der Waals surface area contributed by atoms with Gasteiger partial charge in [0.05, 0.1) is 5.52 Å². The van der Waals surface area contributed by atoms with Gasteiger partial charge in [0.15, 0.2) is 5.69 Å². The molecular formula is C17H16N4O3. The number of carboxylic acids is 1. The van der Waals surface area contributed by atoms with Crippen molar-refractivity contribution in [2.75, 3.05) is 11.1 Å². The van der Waals surface area contributed by atoms with Crippen molar-refractivity contribution < 1.29 is 14.7 Å². The number of nitrogens with zero attached hydrogens (tertiary/aromatic N) is 1. The van der Waals surface area contributed by atoms with Crippen molar-refractivity contribution in [1.82, 2.24) is 10.2 Å². The zero-order valence-electron chi connectivity index (χ0n) is 12.7. The molecule has 0 saturated carbocycles. The number of aromatic carboxylic acids is 1. The lowest BCUT2D eigenvalue weighted by atomic mass is 10.1. The summed E-state index contributed by atoms with van der Waals surface area (Å²) in [5.74, 6) is -1.29. The number of carboxylic acid groups (broad SMARTS) is 1. The summed E-state index contributed by atoms with van der Waals surface area (Å²) in [5.41, 5.74) is 8.50. The Morgan fingerprint density at radius 3 is 2.75 bits per heavy atom. The maximum atomic E-state index is 12.1. The van der Waals surface area contributed by atoms with E-state index in [2.05, 4.69) is 15.5 Å². The first-order valence-electron chi connectivity index (χ1n) is 7.39. The van der Waals surface area contributed by atoms with Crippen LogP contribution in [0.2, 0.25) is 0 Å². The second-order valence-corrected chi connectivity index (χ2v) is 5.38. The maximum Gasteiger partial charge on any atom is 0.357 e. The highest BCUT2D eigenvalue weighted by Crippen LogP contribution is 2.21. The van der Waals surface area contributed by atoms with E-state index in [-0.39, 0.29) is 18.0 Å². The van der Waals surface area contributed by atoms with Crippen molar-refractivity contribution in [1.29, 1.82) is 0 Å². The molecule has 1 amide bonds. The summed E-state index contributed by atoms with van der Waals surface area (Å²) in [6, 6.07) is 12.4. The van der Waals surface area contributed by atoms with E-state index in [0.717, 1.165) is 5.56 Å². The standard InChI is InChI=1S/C17H16N4O3/c18-13-4-2-1-3-10(13)5-8-15(22)19-11-6-7-14-12(9-11)16(17(23)24)21-20-14/h1-4,6-7,9H,5,8,18H2,(H,19,22)(H,20,21)(H,23,24). The zero-order valence-corrected chi connectivity index (χ0v) is 12.7. The van der Waals surface area contributed by atoms with Gasteiger partial charge in [0.25, 0.3) is 0 Å². The van der Waals surface area contributed by atoms with Crippen LogP contribution in [-0.4, -0.2) is 27.2 Å². The van der Waals surface area contributed by atoms with Crippen molar-refractivity contribution in [3.8, 4) is 0 Å². The minimum absolute atomic E-state index is 0.0711. The van der Waals surface area contributed by atoms with Crippen LogP contribution in [0.15, 0.2) is 42.5 Å². The van der Waals surface area contributed by atoms with E-state index >= 15 is 0 Å². The van der Waals surface area contributed by atoms with Gasteiger partial charge in [0, 0.05) is 23.2 Å². The van der Waals surface area contributed by atoms with E-state index < -0.39 is 5.97 Å². The Balaban J connectivity index is 1.70. The molecule has 3 aromatic rings. The lowest BCUT2D eigenvalue weighted by Gasteiger charge is -2.07. The largest absolute Gasteiger partial charge is 0.476 e. The zero-order chi connectivity index (χ0) is 17.1. The quantitative estimate of drug-likeness (QED) is 0.537. The van der Waals surface area contributed by atoms with Crippen LogP contribution >= 0.6 is 0 Å². The Morgan fingerprint density at radius 2 is 2.00 bits per heavy atom. The molecule has 7 nitrogen and oxygen atoms in total. The number of anilines is 2. The number of hydrogen-bond donors (Lipinski definition) is 4. The van der Waals surface area contributed by atoms with E-state index in [0.29, 0.717) is 28.7 Å². The number of H-pyrrole nitrogens is 1. The van der Waals surface area contributed by atoms with Gasteiger partial charge < -0.3 is 16.2 Å². The number of carbonyl (C=O) groups is 2. The molecule has 0 fully saturated rings. The number of carbonyl (C=O) groups excluding carboxylic acids is 1. The number of aromatic amines is 1. The second kappa shape index (κ2) is 6.41. The summed E-state index contributed by atoms with van der Waals surface area (Å²) in [6.45, 7) is 0. The fourth-order valence-electron chi connectivity index (χ4n) is 2.49. The van der Waals surface area contributed by atoms with Crippen LogP contribution in [0.25, 0.3) is 10.9 Å². The molecule has 0 aliphatic heterocycles. The van der Waals surface area contributed by atoms with E-state index in [1.54, 1.807) is 24.3 Å². The lowest BCUT2D eigenvalue weighted by Crippen LogP contribution is -2.12. The van der Waals surface area contributed by atoms with Crippen LogP contribution < -0.4 is 11.1 Å². The van der Waals surface area contributed by atoms with Gasteiger partial charge in [0.1, 0.15) is 0 Å². The third-order valence-electron chi connectivity index (χ3n) is 3.73. The topological polar surface area (TPSA) is 121 Å². The van der Waals surface area contributed by atoms with E-state index in [4.69, 9.17) is 10.8 Å². The number of aryl methyl sites for hydroxylation is 1. The molecule has 0 aliphatic carbocycles. The first-order chi connectivity index (χ1) is 11.5. The third kappa shape index (κ3) is 3.19. The van der Waals surface area contributed by atoms with Gasteiger partial charge in [-0.15, -0.1) is 0 Å². The van der Waals surface area contributed by atoms with Crippen LogP contribution in [-0.2, 0) is 11.2 Å². The number of nitrogens with one attached hydrogen (secondary N) is 2. The fraction of sp³-hybridized carbons (Fsp3) is 0.118. The smallest absolute Gasteiger partial charge is 0.357 e. The monoisotopic (exact) mass is 324 g/mol. The number of aromatic nitrogens is 2. The van der Waals surface area contributed by atoms with Crippen LogP contribution in [0.4, 0.5) is 11.4 Å². The highest BCUT2D eigenvalue weighted by molar-refractivity contribution is 6.03. The van der Waals surface area contributed by atoms with Gasteiger partial charge in [-0.25, -0.2) is 4.79 Å². The van der Waals surface area contributed by atoms with Crippen LogP contribution in [0.1, 0.15) is 22.5 Å². The lowest BCUT2D eigenvalue weighted by molar-refractivity contribution is -0.116. The molecule has 0 atom stereocenters. The van der Waals surface area contributed by atoms with E-state index in [1.807, 2.05) is 18.2 Å². The SMILES string of the molecule is Nc1ccccc1CCC(=O)Nc1ccc2[nH]nc(C(=O)O)c2c1. The highest BCUT2D eigenvalue weighted by atomic mass is 16.4. The Morgan fingerprint density at radius 1 is 1.21 bits per heavy atom. The number of para-hydroxylation sites is 1. The molecular weight excluding hydrogens is 308 g/mol. The molecule has 0 aliphatic rings. The molecule has 7 heteroatoms. The third-order valence-corrected chi connectivity index (χ3v) is 3.73. The predicted molar refractivity (Wildman–Crippen MR) is 90.9 cm³/mol. The molecule has 5 N–H and O–H groups in total. The molecule has 0 unspecified atom stereocenters. The minimum atomic E-state index is -1.12. The summed E-state index contributed by atoms with van der Waals surface area (Å²) in [4.78, 5) is 23.2. The molecule has 0 saturated heterocycles. The Bertz CT molecular complexity index is 917. The molecule has 0 spiro atoms. The van der Waals surface area contributed by atoms with Crippen LogP contribution in [0, 0.1) is 0 Å². The van der Waals surface area contributed by atoms with E-state index in [1.165, 1.54) is 0 Å². The average Bonchev–Trinajstić information content (AvgIpc) is 2.97. The summed E-state index contributed by atoms with van der Waals surface area (Å²) >= 11 is 0. The molecule has 0 radical (unpaired) electrons. The number of amides is 1. The number of fused-ring (bicyclic) bond motifs is 1.